The lowest BCUT2D eigenvalue weighted by Gasteiger charge is -2.39. The van der Waals surface area contributed by atoms with Crippen molar-refractivity contribution in [2.45, 2.75) is 70.0 Å². The maximum absolute atomic E-state index is 13.1. The Balaban J connectivity index is 1.57. The van der Waals surface area contributed by atoms with Crippen LogP contribution in [0.4, 0.5) is 4.79 Å². The summed E-state index contributed by atoms with van der Waals surface area (Å²) in [4.78, 5) is 29.3. The average molecular weight is 488 g/mol. The number of hydrogen-bond donors (Lipinski definition) is 3. The van der Waals surface area contributed by atoms with E-state index >= 15 is 0 Å². The van der Waals surface area contributed by atoms with Crippen LogP contribution in [0.15, 0.2) is 23.3 Å². The Morgan fingerprint density at radius 3 is 2.71 bits per heavy atom. The molecule has 11 heteroatoms. The number of alkyl carbamates (subject to hydrolysis) is 1. The van der Waals surface area contributed by atoms with Crippen LogP contribution in [0.2, 0.25) is 0 Å². The Labute approximate surface area is 207 Å². The molecule has 0 spiro atoms. The highest BCUT2D eigenvalue weighted by Crippen LogP contribution is 2.23. The van der Waals surface area contributed by atoms with Gasteiger partial charge in [0.05, 0.1) is 25.7 Å². The molecule has 192 valence electrons. The molecule has 0 bridgehead atoms. The number of allylic oxidation sites excluding steroid dienone is 1. The zero-order valence-corrected chi connectivity index (χ0v) is 20.7. The Morgan fingerprint density at radius 1 is 1.34 bits per heavy atom. The average Bonchev–Trinajstić information content (AvgIpc) is 3.35. The second-order valence-corrected chi connectivity index (χ2v) is 9.97. The Hall–Kier alpha value is -2.39. The molecule has 10 nitrogen and oxygen atoms in total. The van der Waals surface area contributed by atoms with Crippen LogP contribution in [-0.4, -0.2) is 95.9 Å². The van der Waals surface area contributed by atoms with Crippen molar-refractivity contribution in [3.05, 3.63) is 23.3 Å². The van der Waals surface area contributed by atoms with E-state index in [0.29, 0.717) is 39.0 Å². The minimum absolute atomic E-state index is 0.0694. The summed E-state index contributed by atoms with van der Waals surface area (Å²) in [5, 5.41) is 31.6. The molecule has 1 aliphatic carbocycles. The molecule has 0 radical (unpaired) electrons. The van der Waals surface area contributed by atoms with Crippen molar-refractivity contribution < 1.29 is 29.1 Å². The summed E-state index contributed by atoms with van der Waals surface area (Å²) in [6.45, 7) is 7.30. The quantitative estimate of drug-likeness (QED) is 0.200. The van der Waals surface area contributed by atoms with E-state index in [1.165, 1.54) is 0 Å². The van der Waals surface area contributed by atoms with Gasteiger partial charge in [-0.05, 0) is 58.4 Å². The van der Waals surface area contributed by atoms with Gasteiger partial charge < -0.3 is 29.7 Å². The lowest BCUT2D eigenvalue weighted by molar-refractivity contribution is -0.129. The molecule has 2 saturated heterocycles. The number of rotatable bonds is 8. The van der Waals surface area contributed by atoms with Gasteiger partial charge in [-0.1, -0.05) is 11.6 Å². The molecule has 2 heterocycles. The van der Waals surface area contributed by atoms with Gasteiger partial charge in [0, 0.05) is 25.2 Å². The van der Waals surface area contributed by atoms with Crippen LogP contribution >= 0.6 is 0 Å². The van der Waals surface area contributed by atoms with Crippen LogP contribution in [0.5, 0.6) is 0 Å². The fourth-order valence-corrected chi connectivity index (χ4v) is 4.89. The molecule has 35 heavy (non-hydrogen) atoms. The zero-order chi connectivity index (χ0) is 25.4. The van der Waals surface area contributed by atoms with Gasteiger partial charge >= 0.3 is 13.2 Å². The first-order valence-corrected chi connectivity index (χ1v) is 12.5. The topological polar surface area (TPSA) is 135 Å². The highest BCUT2D eigenvalue weighted by Gasteiger charge is 2.33. The lowest BCUT2D eigenvalue weighted by atomic mass is 9.76. The summed E-state index contributed by atoms with van der Waals surface area (Å²) in [5.41, 5.74) is 0.680. The van der Waals surface area contributed by atoms with Crippen molar-refractivity contribution in [2.75, 3.05) is 39.4 Å². The fraction of sp³-hybridized carbons (Fsp3) is 0.708. The van der Waals surface area contributed by atoms with Gasteiger partial charge in [0.25, 0.3) is 5.91 Å². The van der Waals surface area contributed by atoms with Gasteiger partial charge in [0.2, 0.25) is 0 Å². The normalized spacial score (nSPS) is 22.7. The molecule has 2 aliphatic heterocycles. The first-order valence-electron chi connectivity index (χ1n) is 12.5. The fourth-order valence-electron chi connectivity index (χ4n) is 4.89. The second-order valence-electron chi connectivity index (χ2n) is 9.97. The van der Waals surface area contributed by atoms with E-state index in [9.17, 15) is 24.9 Å². The van der Waals surface area contributed by atoms with Crippen LogP contribution in [0, 0.1) is 11.3 Å². The number of nitrogens with zero attached hydrogens (tertiary/aromatic N) is 3. The van der Waals surface area contributed by atoms with Crippen LogP contribution in [0.25, 0.3) is 0 Å². The minimum atomic E-state index is -1.70. The molecule has 3 N–H and O–H groups in total. The zero-order valence-electron chi connectivity index (χ0n) is 20.7. The Morgan fingerprint density at radius 2 is 2.09 bits per heavy atom. The van der Waals surface area contributed by atoms with Gasteiger partial charge in [-0.2, -0.15) is 5.26 Å². The molecule has 0 aromatic heterocycles. The first-order chi connectivity index (χ1) is 16.7. The van der Waals surface area contributed by atoms with Gasteiger partial charge in [0.15, 0.2) is 0 Å². The van der Waals surface area contributed by atoms with Crippen LogP contribution in [0.1, 0.15) is 52.4 Å². The second kappa shape index (κ2) is 12.5. The van der Waals surface area contributed by atoms with Gasteiger partial charge in [-0.3, -0.25) is 9.69 Å². The first kappa shape index (κ1) is 27.2. The van der Waals surface area contributed by atoms with Crippen molar-refractivity contribution in [2.24, 2.45) is 0 Å². The number of carbonyl (C=O) groups excluding carboxylic acids is 2. The molecular weight excluding hydrogens is 451 g/mol. The van der Waals surface area contributed by atoms with Crippen molar-refractivity contribution in [3.8, 4) is 6.07 Å². The van der Waals surface area contributed by atoms with Crippen molar-refractivity contribution in [1.29, 1.82) is 5.26 Å². The van der Waals surface area contributed by atoms with Crippen LogP contribution in [-0.2, 0) is 14.3 Å². The van der Waals surface area contributed by atoms with E-state index in [1.807, 2.05) is 13.8 Å². The molecule has 0 aromatic carbocycles. The van der Waals surface area contributed by atoms with Crippen molar-refractivity contribution >= 4 is 19.1 Å². The molecule has 0 saturated carbocycles. The van der Waals surface area contributed by atoms with E-state index in [-0.39, 0.29) is 18.0 Å². The smallest absolute Gasteiger partial charge is 0.444 e. The highest BCUT2D eigenvalue weighted by molar-refractivity contribution is 6.43. The molecule has 2 amide bonds. The van der Waals surface area contributed by atoms with Gasteiger partial charge in [-0.15, -0.1) is 0 Å². The molecule has 2 fully saturated rings. The third-order valence-electron chi connectivity index (χ3n) is 6.89. The predicted molar refractivity (Wildman–Crippen MR) is 130 cm³/mol. The molecular formula is C24H37BN4O6. The van der Waals surface area contributed by atoms with E-state index in [1.54, 1.807) is 11.0 Å². The maximum atomic E-state index is 13.1. The van der Waals surface area contributed by atoms with Crippen molar-refractivity contribution in [1.82, 2.24) is 15.1 Å². The van der Waals surface area contributed by atoms with Gasteiger partial charge in [-0.25, -0.2) is 4.79 Å². The predicted octanol–water partition coefficient (Wildman–Crippen LogP) is 1.15. The third kappa shape index (κ3) is 7.80. The van der Waals surface area contributed by atoms with E-state index in [2.05, 4.69) is 22.4 Å². The minimum Gasteiger partial charge on any atom is -0.444 e. The summed E-state index contributed by atoms with van der Waals surface area (Å²) in [6.07, 6.45) is 6.94. The Bertz CT molecular complexity index is 863. The number of nitriles is 1. The van der Waals surface area contributed by atoms with Gasteiger partial charge in [0.1, 0.15) is 17.7 Å². The van der Waals surface area contributed by atoms with Crippen LogP contribution in [0.3, 0.4) is 0 Å². The number of amides is 2. The van der Waals surface area contributed by atoms with E-state index in [0.717, 1.165) is 37.9 Å². The van der Waals surface area contributed by atoms with E-state index in [4.69, 9.17) is 9.47 Å². The number of nitrogens with one attached hydrogen (secondary N) is 1. The van der Waals surface area contributed by atoms with Crippen molar-refractivity contribution in [3.63, 3.8) is 0 Å². The maximum Gasteiger partial charge on any atom is 0.475 e. The lowest BCUT2D eigenvalue weighted by Crippen LogP contribution is -2.50. The molecule has 2 atom stereocenters. The SMILES string of the molecule is CC(C)(C=C(C#N)C(=O)N1CCCC(OC(=O)N[C@@H](CC2=CCCC2)B(O)O)C1)N1CCOCC1. The summed E-state index contributed by atoms with van der Waals surface area (Å²) in [5.74, 6) is -1.23. The summed E-state index contributed by atoms with van der Waals surface area (Å²) >= 11 is 0. The number of ether oxygens (including phenoxy) is 2. The monoisotopic (exact) mass is 488 g/mol. The molecule has 1 unspecified atom stereocenters. The summed E-state index contributed by atoms with van der Waals surface area (Å²) in [7, 11) is -1.70. The summed E-state index contributed by atoms with van der Waals surface area (Å²) < 4.78 is 10.9. The highest BCUT2D eigenvalue weighted by atomic mass is 16.6. The van der Waals surface area contributed by atoms with E-state index < -0.39 is 30.8 Å². The Kier molecular flexibility index (Phi) is 9.75. The molecule has 3 rings (SSSR count). The molecule has 0 aromatic rings. The number of carbonyl (C=O) groups is 2. The number of likely N-dealkylation sites (tertiary alicyclic amines) is 1. The molecule has 3 aliphatic rings. The largest absolute Gasteiger partial charge is 0.475 e. The van der Waals surface area contributed by atoms with Crippen LogP contribution < -0.4 is 5.32 Å². The standard InChI is InChI=1S/C24H37BN4O6/c1-24(2,29-10-12-34-13-11-29)15-19(16-26)22(30)28-9-5-8-20(17-28)35-23(31)27-21(25(32)33)14-18-6-3-4-7-18/h6,15,20-21,32-33H,3-5,7-14,17H2,1-2H3,(H,27,31)/t20?,21-/m0/s1. The third-order valence-corrected chi connectivity index (χ3v) is 6.89. The number of piperidine rings is 1. The number of morpholine rings is 1. The number of hydrogen-bond acceptors (Lipinski definition) is 8. The summed E-state index contributed by atoms with van der Waals surface area (Å²) in [6, 6.07) is 2.05.